The first-order chi connectivity index (χ1) is 21.9. The number of methoxy groups -OCH3 is 1. The highest BCUT2D eigenvalue weighted by Gasteiger charge is 2.54. The van der Waals surface area contributed by atoms with Crippen LogP contribution in [0.5, 0.6) is 0 Å². The van der Waals surface area contributed by atoms with E-state index in [-0.39, 0.29) is 28.3 Å². The number of phosphoric ester groups is 1. The van der Waals surface area contributed by atoms with Crippen molar-refractivity contribution in [2.24, 2.45) is 0 Å². The highest BCUT2D eigenvalue weighted by Crippen LogP contribution is 2.51. The summed E-state index contributed by atoms with van der Waals surface area (Å²) in [5.41, 5.74) is 3.93. The molecule has 0 radical (unpaired) electrons. The quantitative estimate of drug-likeness (QED) is 0.141. The van der Waals surface area contributed by atoms with E-state index < -0.39 is 91.5 Å². The van der Waals surface area contributed by atoms with Gasteiger partial charge in [-0.05, 0) is 0 Å². The molecule has 4 aromatic heterocycles. The number of aromatic amines is 2. The molecule has 0 aromatic carbocycles. The number of hydrogen-bond acceptors (Lipinski definition) is 16. The molecule has 7 heterocycles. The SMILES string of the molecule is COC1C2CNS(=O)(=O)OC3C(COP(=O)(O)OC1C(n1cnc4c(=O)[nH]c(N)nc41)O2)OC(n1cnc2c(=O)[nH]cnc21)C3F. The van der Waals surface area contributed by atoms with Gasteiger partial charge >= 0.3 is 18.1 Å². The number of nitrogens with zero attached hydrogens (tertiary/aromatic N) is 6. The van der Waals surface area contributed by atoms with E-state index in [1.54, 1.807) is 0 Å². The van der Waals surface area contributed by atoms with Gasteiger partial charge in [0.15, 0.2) is 41.0 Å². The number of anilines is 1. The molecule has 0 amide bonds. The Morgan fingerprint density at radius 3 is 2.50 bits per heavy atom. The molecule has 3 saturated heterocycles. The van der Waals surface area contributed by atoms with Gasteiger partial charge in [-0.25, -0.2) is 28.1 Å². The van der Waals surface area contributed by atoms with Crippen LogP contribution in [0.25, 0.3) is 22.3 Å². The second-order valence-corrected chi connectivity index (χ2v) is 13.1. The van der Waals surface area contributed by atoms with Crippen molar-refractivity contribution in [1.82, 2.24) is 43.8 Å². The van der Waals surface area contributed by atoms with E-state index in [2.05, 4.69) is 34.6 Å². The minimum atomic E-state index is -5.11. The third-order valence-corrected chi connectivity index (χ3v) is 9.53. The molecule has 9 unspecified atom stereocenters. The van der Waals surface area contributed by atoms with Gasteiger partial charge in [-0.3, -0.25) is 32.8 Å². The fourth-order valence-electron chi connectivity index (χ4n) is 5.56. The Kier molecular flexibility index (Phi) is 7.54. The summed E-state index contributed by atoms with van der Waals surface area (Å²) in [4.78, 5) is 55.8. The van der Waals surface area contributed by atoms with Crippen molar-refractivity contribution in [1.29, 1.82) is 0 Å². The van der Waals surface area contributed by atoms with E-state index in [0.29, 0.717) is 0 Å². The van der Waals surface area contributed by atoms with Crippen LogP contribution >= 0.6 is 7.82 Å². The number of imidazole rings is 2. The number of nitrogens with two attached hydrogens (primary N) is 1. The first-order valence-corrected chi connectivity index (χ1v) is 16.2. The molecule has 3 aliphatic heterocycles. The Morgan fingerprint density at radius 2 is 1.76 bits per heavy atom. The van der Waals surface area contributed by atoms with E-state index in [1.165, 1.54) is 11.7 Å². The van der Waals surface area contributed by atoms with Crippen LogP contribution in [-0.2, 0) is 42.3 Å². The topological polar surface area (TPSA) is 292 Å². The molecule has 3 fully saturated rings. The molecular weight excluding hydrogens is 666 g/mol. The van der Waals surface area contributed by atoms with Gasteiger partial charge < -0.3 is 29.8 Å². The van der Waals surface area contributed by atoms with Crippen molar-refractivity contribution < 1.29 is 49.7 Å². The Balaban J connectivity index is 1.23. The molecule has 25 heteroatoms. The van der Waals surface area contributed by atoms with E-state index in [4.69, 9.17) is 33.2 Å². The number of H-pyrrole nitrogens is 2. The lowest BCUT2D eigenvalue weighted by Crippen LogP contribution is -2.44. The van der Waals surface area contributed by atoms with Crippen LogP contribution in [0, 0.1) is 0 Å². The molecular formula is C21H24FN10O12PS. The van der Waals surface area contributed by atoms with Gasteiger partial charge in [-0.2, -0.15) is 18.1 Å². The van der Waals surface area contributed by atoms with Crippen molar-refractivity contribution in [2.75, 3.05) is 26.0 Å². The maximum absolute atomic E-state index is 15.9. The predicted molar refractivity (Wildman–Crippen MR) is 147 cm³/mol. The predicted octanol–water partition coefficient (Wildman–Crippen LogP) is -2.28. The number of rotatable bonds is 3. The zero-order valence-electron chi connectivity index (χ0n) is 23.2. The average molecular weight is 691 g/mol. The molecule has 0 aliphatic carbocycles. The number of phosphoric acid groups is 1. The number of nitrogens with one attached hydrogen (secondary N) is 3. The Labute approximate surface area is 254 Å². The number of nitrogen functional groups attached to an aromatic ring is 1. The van der Waals surface area contributed by atoms with Crippen LogP contribution in [-0.4, -0.2) is 109 Å². The van der Waals surface area contributed by atoms with E-state index in [0.717, 1.165) is 23.5 Å². The first kappa shape index (κ1) is 30.9. The molecule has 6 N–H and O–H groups in total. The maximum atomic E-state index is 15.9. The maximum Gasteiger partial charge on any atom is 0.472 e. The molecule has 46 heavy (non-hydrogen) atoms. The van der Waals surface area contributed by atoms with Gasteiger partial charge in [-0.15, -0.1) is 0 Å². The number of hydrogen-bond donors (Lipinski definition) is 5. The van der Waals surface area contributed by atoms with Crippen molar-refractivity contribution in [3.63, 3.8) is 0 Å². The lowest BCUT2D eigenvalue weighted by molar-refractivity contribution is -0.0568. The summed E-state index contributed by atoms with van der Waals surface area (Å²) >= 11 is 0. The first-order valence-electron chi connectivity index (χ1n) is 13.3. The van der Waals surface area contributed by atoms with Crippen LogP contribution in [0.15, 0.2) is 28.6 Å². The normalized spacial score (nSPS) is 35.0. The third-order valence-electron chi connectivity index (χ3n) is 7.54. The second kappa shape index (κ2) is 11.2. The second-order valence-electron chi connectivity index (χ2n) is 10.3. The van der Waals surface area contributed by atoms with Crippen molar-refractivity contribution >= 4 is 46.4 Å². The number of fused-ring (bicyclic) bond motifs is 5. The Bertz CT molecular complexity index is 2090. The van der Waals surface area contributed by atoms with Crippen LogP contribution in [0.3, 0.4) is 0 Å². The third kappa shape index (κ3) is 5.30. The van der Waals surface area contributed by atoms with Gasteiger partial charge in [0.2, 0.25) is 5.95 Å². The number of halogens is 1. The summed E-state index contributed by atoms with van der Waals surface area (Å²) in [6.07, 6.45) is -9.48. The van der Waals surface area contributed by atoms with Crippen LogP contribution in [0.4, 0.5) is 10.3 Å². The van der Waals surface area contributed by atoms with Crippen molar-refractivity contribution in [3.8, 4) is 0 Å². The summed E-state index contributed by atoms with van der Waals surface area (Å²) in [7, 11) is -8.67. The van der Waals surface area contributed by atoms with Crippen LogP contribution in [0.1, 0.15) is 12.5 Å². The van der Waals surface area contributed by atoms with Crippen molar-refractivity contribution in [3.05, 3.63) is 39.7 Å². The fraction of sp³-hybridized carbons (Fsp3) is 0.524. The summed E-state index contributed by atoms with van der Waals surface area (Å²) in [5.74, 6) is -0.264. The Morgan fingerprint density at radius 1 is 1.07 bits per heavy atom. The molecule has 2 bridgehead atoms. The highest BCUT2D eigenvalue weighted by atomic mass is 32.2. The van der Waals surface area contributed by atoms with E-state index in [1.807, 2.05) is 0 Å². The largest absolute Gasteiger partial charge is 0.472 e. The van der Waals surface area contributed by atoms with Gasteiger partial charge in [-0.1, -0.05) is 0 Å². The molecule has 0 saturated carbocycles. The number of ether oxygens (including phenoxy) is 3. The smallest absolute Gasteiger partial charge is 0.376 e. The monoisotopic (exact) mass is 690 g/mol. The number of alkyl halides is 1. The Hall–Kier alpha value is -3.71. The summed E-state index contributed by atoms with van der Waals surface area (Å²) < 4.78 is 92.7. The zero-order valence-corrected chi connectivity index (χ0v) is 24.9. The molecule has 0 spiro atoms. The van der Waals surface area contributed by atoms with Gasteiger partial charge in [0, 0.05) is 13.7 Å². The lowest BCUT2D eigenvalue weighted by Gasteiger charge is -2.26. The molecule has 4 aromatic rings. The molecule has 22 nitrogen and oxygen atoms in total. The summed E-state index contributed by atoms with van der Waals surface area (Å²) in [6.45, 7) is -1.47. The molecule has 3 aliphatic rings. The molecule has 248 valence electrons. The zero-order chi connectivity index (χ0) is 32.5. The lowest BCUT2D eigenvalue weighted by atomic mass is 10.1. The van der Waals surface area contributed by atoms with Gasteiger partial charge in [0.25, 0.3) is 11.1 Å². The highest BCUT2D eigenvalue weighted by molar-refractivity contribution is 7.84. The standard InChI is InChI=1S/C21H24FN10O12PS/c1-39-13-7-2-28-46(37,38)44-12-8(42-19(9(12)22)31-5-26-10-15(31)24-4-25-17(10)33)3-40-45(35,36)43-14(13)20(41-7)32-6-27-11-16(32)29-21(23)30-18(11)34/h4-9,12-14,19-20,28H,2-3H2,1H3,(H,35,36)(H,24,25,33)(H3,23,29,30,34). The van der Waals surface area contributed by atoms with Gasteiger partial charge in [0.1, 0.15) is 30.5 Å². The number of aromatic nitrogens is 8. The van der Waals surface area contributed by atoms with E-state index in [9.17, 15) is 27.5 Å². The van der Waals surface area contributed by atoms with Crippen molar-refractivity contribution in [2.45, 2.75) is 49.1 Å². The minimum Gasteiger partial charge on any atom is -0.376 e. The molecule has 7 rings (SSSR count). The van der Waals surface area contributed by atoms with Gasteiger partial charge in [0.05, 0.1) is 25.6 Å². The fourth-order valence-corrected chi connectivity index (χ4v) is 7.44. The summed E-state index contributed by atoms with van der Waals surface area (Å²) in [5, 5.41) is 0. The minimum absolute atomic E-state index is 0.0835. The molecule has 9 atom stereocenters. The van der Waals surface area contributed by atoms with Crippen LogP contribution in [0.2, 0.25) is 0 Å². The summed E-state index contributed by atoms with van der Waals surface area (Å²) in [6, 6.07) is 0. The van der Waals surface area contributed by atoms with E-state index >= 15 is 4.39 Å². The van der Waals surface area contributed by atoms with Crippen LogP contribution < -0.4 is 21.6 Å². The average Bonchev–Trinajstić information content (AvgIpc) is 3.75.